The minimum absolute atomic E-state index is 0.00621. The Labute approximate surface area is 201 Å². The van der Waals surface area contributed by atoms with E-state index in [9.17, 15) is 22.7 Å². The van der Waals surface area contributed by atoms with Gasteiger partial charge >= 0.3 is 6.18 Å². The van der Waals surface area contributed by atoms with E-state index >= 15 is 0 Å². The van der Waals surface area contributed by atoms with Gasteiger partial charge in [-0.15, -0.1) is 0 Å². The first-order valence-electron chi connectivity index (χ1n) is 12.0. The third kappa shape index (κ3) is 4.88. The number of rotatable bonds is 5. The molecule has 2 aromatic rings. The van der Waals surface area contributed by atoms with Crippen LogP contribution in [0.3, 0.4) is 0 Å². The van der Waals surface area contributed by atoms with Crippen LogP contribution in [0.2, 0.25) is 0 Å². The van der Waals surface area contributed by atoms with Gasteiger partial charge in [-0.05, 0) is 64.3 Å². The highest BCUT2D eigenvalue weighted by molar-refractivity contribution is 5.66. The van der Waals surface area contributed by atoms with Crippen molar-refractivity contribution in [1.82, 2.24) is 14.9 Å². The molecular weight excluding hydrogens is 464 g/mol. The monoisotopic (exact) mass is 494 g/mol. The van der Waals surface area contributed by atoms with Crippen molar-refractivity contribution in [3.8, 4) is 0 Å². The number of β-amino-alcohol motifs (C(OH)–C–C–N with tert-alkyl or cyclic N) is 1. The minimum Gasteiger partial charge on any atom is -0.389 e. The maximum absolute atomic E-state index is 14.6. The number of aliphatic hydroxyl groups excluding tert-OH is 1. The van der Waals surface area contributed by atoms with Crippen molar-refractivity contribution in [3.05, 3.63) is 35.8 Å². The van der Waals surface area contributed by atoms with E-state index < -0.39 is 23.7 Å². The third-order valence-electron chi connectivity index (χ3n) is 7.30. The highest BCUT2D eigenvalue weighted by Gasteiger charge is 2.43. The van der Waals surface area contributed by atoms with Crippen molar-refractivity contribution in [1.29, 1.82) is 0 Å². The summed E-state index contributed by atoms with van der Waals surface area (Å²) in [5.41, 5.74) is -0.679. The van der Waals surface area contributed by atoms with Crippen LogP contribution in [0.15, 0.2) is 24.4 Å². The molecule has 5 rings (SSSR count). The number of aromatic nitrogens is 2. The molecule has 0 saturated carbocycles. The van der Waals surface area contributed by atoms with Crippen LogP contribution in [0.4, 0.5) is 40.7 Å². The Morgan fingerprint density at radius 1 is 1.20 bits per heavy atom. The second kappa shape index (κ2) is 8.77. The number of anilines is 4. The van der Waals surface area contributed by atoms with Gasteiger partial charge in [-0.3, -0.25) is 4.90 Å². The number of nitrogens with one attached hydrogen (secondary N) is 2. The van der Waals surface area contributed by atoms with E-state index in [1.165, 1.54) is 17.0 Å². The van der Waals surface area contributed by atoms with Gasteiger partial charge in [0.2, 0.25) is 5.95 Å². The third-order valence-corrected chi connectivity index (χ3v) is 7.30. The van der Waals surface area contributed by atoms with Crippen LogP contribution in [-0.2, 0) is 6.18 Å². The SMILES string of the molecule is CC1(C)C[C@H](Nc2nc(Nc3ccc(N4CC(O)C4)c(C(F)(F)F)c3)ncc2F)C[C@@H]2CCCN21. The van der Waals surface area contributed by atoms with Gasteiger partial charge in [-0.1, -0.05) is 0 Å². The average molecular weight is 495 g/mol. The molecule has 1 aromatic heterocycles. The van der Waals surface area contributed by atoms with E-state index in [0.29, 0.717) is 6.04 Å². The smallest absolute Gasteiger partial charge is 0.389 e. The number of alkyl halides is 3. The highest BCUT2D eigenvalue weighted by Crippen LogP contribution is 2.41. The molecule has 4 heterocycles. The summed E-state index contributed by atoms with van der Waals surface area (Å²) >= 11 is 0. The molecule has 1 aromatic carbocycles. The maximum atomic E-state index is 14.6. The molecule has 3 N–H and O–H groups in total. The quantitative estimate of drug-likeness (QED) is 0.533. The van der Waals surface area contributed by atoms with Gasteiger partial charge < -0.3 is 20.6 Å². The van der Waals surface area contributed by atoms with Crippen LogP contribution < -0.4 is 15.5 Å². The van der Waals surface area contributed by atoms with E-state index in [1.54, 1.807) is 0 Å². The second-order valence-corrected chi connectivity index (χ2v) is 10.4. The lowest BCUT2D eigenvalue weighted by atomic mass is 9.84. The molecule has 0 aliphatic carbocycles. The second-order valence-electron chi connectivity index (χ2n) is 10.4. The molecular formula is C24H30F4N6O. The van der Waals surface area contributed by atoms with E-state index in [-0.39, 0.29) is 47.8 Å². The summed E-state index contributed by atoms with van der Waals surface area (Å²) in [6, 6.07) is 4.32. The van der Waals surface area contributed by atoms with Gasteiger partial charge in [0.05, 0.1) is 17.9 Å². The Kier molecular flexibility index (Phi) is 6.03. The molecule has 0 spiro atoms. The molecule has 11 heteroatoms. The summed E-state index contributed by atoms with van der Waals surface area (Å²) in [7, 11) is 0. The van der Waals surface area contributed by atoms with Crippen molar-refractivity contribution in [2.75, 3.05) is 35.2 Å². The van der Waals surface area contributed by atoms with Gasteiger partial charge in [0.25, 0.3) is 0 Å². The van der Waals surface area contributed by atoms with Crippen molar-refractivity contribution < 1.29 is 22.7 Å². The summed E-state index contributed by atoms with van der Waals surface area (Å²) in [6.45, 7) is 5.79. The Hall–Kier alpha value is -2.66. The lowest BCUT2D eigenvalue weighted by molar-refractivity contribution is -0.137. The number of hydrogen-bond donors (Lipinski definition) is 3. The van der Waals surface area contributed by atoms with Crippen molar-refractivity contribution >= 4 is 23.1 Å². The first-order valence-corrected chi connectivity index (χ1v) is 12.0. The largest absolute Gasteiger partial charge is 0.418 e. The number of piperidine rings is 1. The van der Waals surface area contributed by atoms with E-state index in [1.807, 2.05) is 0 Å². The highest BCUT2D eigenvalue weighted by atomic mass is 19.4. The molecule has 190 valence electrons. The molecule has 3 fully saturated rings. The zero-order chi connectivity index (χ0) is 25.0. The number of fused-ring (bicyclic) bond motifs is 1. The lowest BCUT2D eigenvalue weighted by Gasteiger charge is -2.47. The van der Waals surface area contributed by atoms with Gasteiger partial charge in [0, 0.05) is 42.1 Å². The number of nitrogens with zero attached hydrogens (tertiary/aromatic N) is 4. The molecule has 35 heavy (non-hydrogen) atoms. The van der Waals surface area contributed by atoms with Crippen molar-refractivity contribution in [2.24, 2.45) is 0 Å². The molecule has 0 radical (unpaired) electrons. The topological polar surface area (TPSA) is 76.5 Å². The fourth-order valence-corrected chi connectivity index (χ4v) is 5.74. The maximum Gasteiger partial charge on any atom is 0.418 e. The average Bonchev–Trinajstić information content (AvgIpc) is 3.23. The Morgan fingerprint density at radius 3 is 2.69 bits per heavy atom. The normalized spacial score (nSPS) is 24.7. The number of halogens is 4. The molecule has 3 aliphatic heterocycles. The van der Waals surface area contributed by atoms with Crippen molar-refractivity contribution in [2.45, 2.75) is 69.4 Å². The fourth-order valence-electron chi connectivity index (χ4n) is 5.74. The summed E-state index contributed by atoms with van der Waals surface area (Å²) in [4.78, 5) is 12.2. The van der Waals surface area contributed by atoms with E-state index in [4.69, 9.17) is 0 Å². The van der Waals surface area contributed by atoms with Crippen LogP contribution in [0, 0.1) is 5.82 Å². The summed E-state index contributed by atoms with van der Waals surface area (Å²) in [5, 5.41) is 15.5. The molecule has 3 saturated heterocycles. The first-order chi connectivity index (χ1) is 16.5. The fraction of sp³-hybridized carbons (Fsp3) is 0.583. The number of aliphatic hydroxyl groups is 1. The van der Waals surface area contributed by atoms with Gasteiger partial charge in [-0.2, -0.15) is 18.2 Å². The predicted molar refractivity (Wildman–Crippen MR) is 125 cm³/mol. The van der Waals surface area contributed by atoms with Crippen LogP contribution in [0.25, 0.3) is 0 Å². The summed E-state index contributed by atoms with van der Waals surface area (Å²) < 4.78 is 55.7. The van der Waals surface area contributed by atoms with Crippen molar-refractivity contribution in [3.63, 3.8) is 0 Å². The lowest BCUT2D eigenvalue weighted by Crippen LogP contribution is -2.55. The molecule has 7 nitrogen and oxygen atoms in total. The number of benzene rings is 1. The van der Waals surface area contributed by atoms with Gasteiger partial charge in [-0.25, -0.2) is 9.37 Å². The first kappa shape index (κ1) is 24.1. The molecule has 2 atom stereocenters. The van der Waals surface area contributed by atoms with Crippen LogP contribution in [0.5, 0.6) is 0 Å². The predicted octanol–water partition coefficient (Wildman–Crippen LogP) is 4.38. The molecule has 0 bridgehead atoms. The van der Waals surface area contributed by atoms with Crippen LogP contribution >= 0.6 is 0 Å². The summed E-state index contributed by atoms with van der Waals surface area (Å²) in [5.74, 6) is -0.562. The standard InChI is InChI=1S/C24H30F4N6O/c1-23(2)10-15(8-16-4-3-7-34(16)23)30-21-19(25)11-29-22(32-21)31-14-5-6-20(33-12-17(35)13-33)18(9-14)24(26,27)28/h5-6,9,11,15-17,35H,3-4,7-8,10,12-13H2,1-2H3,(H2,29,30,31,32)/t15-,16+/m1/s1. The van der Waals surface area contributed by atoms with Crippen LogP contribution in [0.1, 0.15) is 45.1 Å². The Balaban J connectivity index is 1.34. The van der Waals surface area contributed by atoms with Gasteiger partial charge in [0.15, 0.2) is 11.6 Å². The number of hydrogen-bond acceptors (Lipinski definition) is 7. The van der Waals surface area contributed by atoms with Gasteiger partial charge in [0.1, 0.15) is 0 Å². The molecule has 0 amide bonds. The minimum atomic E-state index is -4.58. The molecule has 0 unspecified atom stereocenters. The Bertz CT molecular complexity index is 1090. The van der Waals surface area contributed by atoms with E-state index in [0.717, 1.165) is 44.5 Å². The van der Waals surface area contributed by atoms with E-state index in [2.05, 4.69) is 39.3 Å². The molecule has 3 aliphatic rings. The Morgan fingerprint density at radius 2 is 1.97 bits per heavy atom. The zero-order valence-corrected chi connectivity index (χ0v) is 19.7. The van der Waals surface area contributed by atoms with Crippen LogP contribution in [-0.4, -0.2) is 63.3 Å². The zero-order valence-electron chi connectivity index (χ0n) is 19.7. The summed E-state index contributed by atoms with van der Waals surface area (Å²) in [6.07, 6.45) is -0.185.